The summed E-state index contributed by atoms with van der Waals surface area (Å²) >= 11 is 0. The van der Waals surface area contributed by atoms with Gasteiger partial charge in [0.2, 0.25) is 0 Å². The molecule has 17 heavy (non-hydrogen) atoms. The summed E-state index contributed by atoms with van der Waals surface area (Å²) in [6.45, 7) is 7.93. The number of hydrogen-bond donors (Lipinski definition) is 1. The molecule has 3 heteroatoms. The molecule has 0 amide bonds. The number of aryl methyl sites for hydroxylation is 4. The van der Waals surface area contributed by atoms with Crippen molar-refractivity contribution in [2.45, 2.75) is 33.7 Å². The summed E-state index contributed by atoms with van der Waals surface area (Å²) in [5, 5.41) is 3.32. The first-order chi connectivity index (χ1) is 8.02. The zero-order valence-electron chi connectivity index (χ0n) is 11.0. The van der Waals surface area contributed by atoms with Crippen molar-refractivity contribution in [2.75, 3.05) is 7.05 Å². The second kappa shape index (κ2) is 4.41. The third-order valence-corrected chi connectivity index (χ3v) is 3.07. The first-order valence-corrected chi connectivity index (χ1v) is 5.84. The van der Waals surface area contributed by atoms with Gasteiger partial charge in [-0.3, -0.25) is 0 Å². The van der Waals surface area contributed by atoms with Crippen LogP contribution >= 0.6 is 0 Å². The molecule has 0 spiro atoms. The first kappa shape index (κ1) is 12.0. The molecule has 2 aromatic rings. The maximum Gasteiger partial charge on any atom is 0.106 e. The fourth-order valence-corrected chi connectivity index (χ4v) is 2.35. The van der Waals surface area contributed by atoms with Gasteiger partial charge in [-0.2, -0.15) is 0 Å². The standard InChI is InChI=1S/C14H19NO2/c1-8-6-12(10(3)16-8)14(15-5)13-7-9(2)17-11(13)4/h6-7,14-15H,1-5H3. The van der Waals surface area contributed by atoms with Crippen molar-refractivity contribution < 1.29 is 8.83 Å². The van der Waals surface area contributed by atoms with E-state index in [0.29, 0.717) is 0 Å². The highest BCUT2D eigenvalue weighted by atomic mass is 16.3. The second-order valence-corrected chi connectivity index (χ2v) is 4.46. The van der Waals surface area contributed by atoms with Gasteiger partial charge in [0.25, 0.3) is 0 Å². The summed E-state index contributed by atoms with van der Waals surface area (Å²) in [5.41, 5.74) is 2.35. The minimum Gasteiger partial charge on any atom is -0.466 e. The van der Waals surface area contributed by atoms with Crippen LogP contribution in [0.25, 0.3) is 0 Å². The Bertz CT molecular complexity index is 476. The predicted octanol–water partition coefficient (Wildman–Crippen LogP) is 3.42. The van der Waals surface area contributed by atoms with E-state index >= 15 is 0 Å². The summed E-state index contributed by atoms with van der Waals surface area (Å²) < 4.78 is 11.2. The second-order valence-electron chi connectivity index (χ2n) is 4.46. The van der Waals surface area contributed by atoms with Crippen molar-refractivity contribution in [3.8, 4) is 0 Å². The molecular formula is C14H19NO2. The van der Waals surface area contributed by atoms with E-state index in [1.807, 2.05) is 34.7 Å². The number of nitrogens with one attached hydrogen (secondary N) is 1. The van der Waals surface area contributed by atoms with Crippen molar-refractivity contribution in [1.29, 1.82) is 0 Å². The molecule has 3 nitrogen and oxygen atoms in total. The van der Waals surface area contributed by atoms with Gasteiger partial charge in [0.1, 0.15) is 23.0 Å². The Morgan fingerprint density at radius 1 is 0.882 bits per heavy atom. The molecule has 2 heterocycles. The molecule has 0 aliphatic rings. The molecule has 0 aliphatic carbocycles. The minimum atomic E-state index is 0.130. The maximum atomic E-state index is 5.59. The molecule has 0 aromatic carbocycles. The van der Waals surface area contributed by atoms with Gasteiger partial charge in [0.05, 0.1) is 6.04 Å². The van der Waals surface area contributed by atoms with Gasteiger partial charge in [-0.05, 0) is 46.9 Å². The smallest absolute Gasteiger partial charge is 0.106 e. The quantitative estimate of drug-likeness (QED) is 0.882. The van der Waals surface area contributed by atoms with Crippen LogP contribution in [-0.2, 0) is 0 Å². The molecule has 0 aliphatic heterocycles. The van der Waals surface area contributed by atoms with Crippen LogP contribution in [-0.4, -0.2) is 7.05 Å². The van der Waals surface area contributed by atoms with Crippen LogP contribution in [0.2, 0.25) is 0 Å². The highest BCUT2D eigenvalue weighted by molar-refractivity contribution is 5.36. The average Bonchev–Trinajstić information content (AvgIpc) is 2.73. The molecule has 1 N–H and O–H groups in total. The van der Waals surface area contributed by atoms with Gasteiger partial charge >= 0.3 is 0 Å². The van der Waals surface area contributed by atoms with Crippen molar-refractivity contribution in [1.82, 2.24) is 5.32 Å². The van der Waals surface area contributed by atoms with Gasteiger partial charge in [-0.15, -0.1) is 0 Å². The number of hydrogen-bond acceptors (Lipinski definition) is 3. The van der Waals surface area contributed by atoms with E-state index in [4.69, 9.17) is 8.83 Å². The number of furan rings is 2. The molecule has 0 fully saturated rings. The Hall–Kier alpha value is -1.48. The van der Waals surface area contributed by atoms with Crippen LogP contribution in [0.3, 0.4) is 0 Å². The lowest BCUT2D eigenvalue weighted by Gasteiger charge is -2.14. The summed E-state index contributed by atoms with van der Waals surface area (Å²) in [4.78, 5) is 0. The Morgan fingerprint density at radius 2 is 1.29 bits per heavy atom. The summed E-state index contributed by atoms with van der Waals surface area (Å²) in [6.07, 6.45) is 0. The fraction of sp³-hybridized carbons (Fsp3) is 0.429. The lowest BCUT2D eigenvalue weighted by atomic mass is 9.99. The molecule has 2 rings (SSSR count). The molecule has 0 saturated heterocycles. The lowest BCUT2D eigenvalue weighted by molar-refractivity contribution is 0.489. The molecule has 0 radical (unpaired) electrons. The largest absolute Gasteiger partial charge is 0.466 e. The Labute approximate surface area is 102 Å². The molecule has 92 valence electrons. The van der Waals surface area contributed by atoms with Gasteiger partial charge in [-0.25, -0.2) is 0 Å². The average molecular weight is 233 g/mol. The molecule has 0 atom stereocenters. The SMILES string of the molecule is CNC(c1cc(C)oc1C)c1cc(C)oc1C. The topological polar surface area (TPSA) is 38.3 Å². The van der Waals surface area contributed by atoms with Crippen molar-refractivity contribution in [3.63, 3.8) is 0 Å². The van der Waals surface area contributed by atoms with E-state index < -0.39 is 0 Å². The third-order valence-electron chi connectivity index (χ3n) is 3.07. The first-order valence-electron chi connectivity index (χ1n) is 5.84. The summed E-state index contributed by atoms with van der Waals surface area (Å²) in [7, 11) is 1.95. The monoisotopic (exact) mass is 233 g/mol. The van der Waals surface area contributed by atoms with Crippen molar-refractivity contribution in [3.05, 3.63) is 46.3 Å². The Balaban J connectivity index is 2.47. The van der Waals surface area contributed by atoms with E-state index in [9.17, 15) is 0 Å². The molecular weight excluding hydrogens is 214 g/mol. The van der Waals surface area contributed by atoms with Gasteiger partial charge in [-0.1, -0.05) is 0 Å². The van der Waals surface area contributed by atoms with Crippen LogP contribution in [0.5, 0.6) is 0 Å². The van der Waals surface area contributed by atoms with Gasteiger partial charge in [0, 0.05) is 11.1 Å². The van der Waals surface area contributed by atoms with E-state index in [1.165, 1.54) is 11.1 Å². The van der Waals surface area contributed by atoms with E-state index in [2.05, 4.69) is 17.4 Å². The van der Waals surface area contributed by atoms with E-state index in [0.717, 1.165) is 23.0 Å². The Kier molecular flexibility index (Phi) is 3.11. The third kappa shape index (κ3) is 2.15. The molecule has 0 bridgehead atoms. The number of rotatable bonds is 3. The van der Waals surface area contributed by atoms with Crippen LogP contribution < -0.4 is 5.32 Å². The maximum absolute atomic E-state index is 5.59. The predicted molar refractivity (Wildman–Crippen MR) is 67.3 cm³/mol. The summed E-state index contributed by atoms with van der Waals surface area (Å²) in [6, 6.07) is 4.29. The highest BCUT2D eigenvalue weighted by Crippen LogP contribution is 2.30. The summed E-state index contributed by atoms with van der Waals surface area (Å²) in [5.74, 6) is 3.80. The van der Waals surface area contributed by atoms with E-state index in [1.54, 1.807) is 0 Å². The zero-order valence-corrected chi connectivity index (χ0v) is 11.0. The van der Waals surface area contributed by atoms with Crippen LogP contribution in [0.1, 0.15) is 40.2 Å². The fourth-order valence-electron chi connectivity index (χ4n) is 2.35. The van der Waals surface area contributed by atoms with Gasteiger partial charge < -0.3 is 14.2 Å². The van der Waals surface area contributed by atoms with Crippen LogP contribution in [0.15, 0.2) is 21.0 Å². The minimum absolute atomic E-state index is 0.130. The normalized spacial score (nSPS) is 11.4. The van der Waals surface area contributed by atoms with E-state index in [-0.39, 0.29) is 6.04 Å². The van der Waals surface area contributed by atoms with Crippen LogP contribution in [0.4, 0.5) is 0 Å². The van der Waals surface area contributed by atoms with Crippen LogP contribution in [0, 0.1) is 27.7 Å². The molecule has 0 unspecified atom stereocenters. The van der Waals surface area contributed by atoms with Crippen molar-refractivity contribution >= 4 is 0 Å². The van der Waals surface area contributed by atoms with Crippen molar-refractivity contribution in [2.24, 2.45) is 0 Å². The molecule has 0 saturated carbocycles. The highest BCUT2D eigenvalue weighted by Gasteiger charge is 2.21. The molecule has 2 aromatic heterocycles. The Morgan fingerprint density at radius 3 is 1.53 bits per heavy atom. The zero-order chi connectivity index (χ0) is 12.6. The lowest BCUT2D eigenvalue weighted by Crippen LogP contribution is -2.18. The van der Waals surface area contributed by atoms with Gasteiger partial charge in [0.15, 0.2) is 0 Å².